The molecule has 0 saturated carbocycles. The van der Waals surface area contributed by atoms with Crippen LogP contribution in [0.25, 0.3) is 0 Å². The van der Waals surface area contributed by atoms with E-state index in [0.29, 0.717) is 22.2 Å². The maximum Gasteiger partial charge on any atom is 0.341 e. The summed E-state index contributed by atoms with van der Waals surface area (Å²) >= 11 is 1.46. The topological polar surface area (TPSA) is 87.7 Å². The smallest absolute Gasteiger partial charge is 0.341 e. The Morgan fingerprint density at radius 3 is 2.58 bits per heavy atom. The van der Waals surface area contributed by atoms with Crippen molar-refractivity contribution in [3.63, 3.8) is 0 Å². The lowest BCUT2D eigenvalue weighted by Gasteiger charge is -2.23. The van der Waals surface area contributed by atoms with Crippen LogP contribution in [0.1, 0.15) is 53.6 Å². The van der Waals surface area contributed by atoms with Gasteiger partial charge in [-0.25, -0.2) is 4.79 Å². The zero-order chi connectivity index (χ0) is 24.1. The number of anilines is 2. The molecule has 0 bridgehead atoms. The zero-order valence-electron chi connectivity index (χ0n) is 20.0. The fraction of sp³-hybridized carbons (Fsp3) is 0.480. The maximum atomic E-state index is 13.0. The summed E-state index contributed by atoms with van der Waals surface area (Å²) in [6.07, 6.45) is 2.72. The van der Waals surface area contributed by atoms with E-state index in [9.17, 15) is 14.4 Å². The van der Waals surface area contributed by atoms with E-state index in [4.69, 9.17) is 4.74 Å². The van der Waals surface area contributed by atoms with Crippen molar-refractivity contribution in [2.45, 2.75) is 53.0 Å². The number of nitrogens with one attached hydrogen (secondary N) is 2. The van der Waals surface area contributed by atoms with Gasteiger partial charge >= 0.3 is 5.97 Å². The summed E-state index contributed by atoms with van der Waals surface area (Å²) < 4.78 is 5.28. The molecule has 0 spiro atoms. The van der Waals surface area contributed by atoms with E-state index < -0.39 is 12.0 Å². The molecule has 0 saturated heterocycles. The largest absolute Gasteiger partial charge is 0.462 e. The number of hydrogen-bond acceptors (Lipinski definition) is 6. The van der Waals surface area contributed by atoms with Crippen molar-refractivity contribution in [1.82, 2.24) is 4.90 Å². The van der Waals surface area contributed by atoms with E-state index in [1.807, 2.05) is 31.2 Å². The van der Waals surface area contributed by atoms with Crippen molar-refractivity contribution < 1.29 is 19.1 Å². The molecule has 2 amide bonds. The van der Waals surface area contributed by atoms with Gasteiger partial charge in [-0.3, -0.25) is 14.5 Å². The number of ether oxygens (including phenoxy) is 1. The standard InChI is InChI=1S/C25H33N3O4S/c1-6-32-25(31)22-19-12-9-16(3)13-20(19)33-24(22)27-23(30)17(4)28(5)14-21(29)26-18-10-7-15(2)8-11-18/h7-8,10-11,16-17H,6,9,12-14H2,1-5H3,(H,26,29)(H,27,30)/t16-,17-/m1/s1. The van der Waals surface area contributed by atoms with Crippen molar-refractivity contribution in [3.05, 3.63) is 45.8 Å². The Morgan fingerprint density at radius 2 is 1.91 bits per heavy atom. The Kier molecular flexibility index (Phi) is 8.26. The van der Waals surface area contributed by atoms with Crippen LogP contribution in [-0.4, -0.2) is 48.9 Å². The molecule has 3 rings (SSSR count). The zero-order valence-corrected chi connectivity index (χ0v) is 20.8. The van der Waals surface area contributed by atoms with Gasteiger partial charge in [-0.15, -0.1) is 11.3 Å². The monoisotopic (exact) mass is 471 g/mol. The molecule has 1 heterocycles. The van der Waals surface area contributed by atoms with Crippen LogP contribution in [0.4, 0.5) is 10.7 Å². The molecule has 1 aliphatic carbocycles. The summed E-state index contributed by atoms with van der Waals surface area (Å²) in [5, 5.41) is 6.33. The number of benzene rings is 1. The van der Waals surface area contributed by atoms with Crippen molar-refractivity contribution in [2.24, 2.45) is 5.92 Å². The van der Waals surface area contributed by atoms with Crippen LogP contribution < -0.4 is 10.6 Å². The molecule has 0 radical (unpaired) electrons. The lowest BCUT2D eigenvalue weighted by Crippen LogP contribution is -2.43. The van der Waals surface area contributed by atoms with Crippen molar-refractivity contribution >= 4 is 39.8 Å². The predicted octanol–water partition coefficient (Wildman–Crippen LogP) is 4.26. The summed E-state index contributed by atoms with van der Waals surface area (Å²) in [6, 6.07) is 6.98. The number of aryl methyl sites for hydroxylation is 1. The second kappa shape index (κ2) is 10.9. The van der Waals surface area contributed by atoms with E-state index >= 15 is 0 Å². The third-order valence-corrected chi connectivity index (χ3v) is 7.17. The first kappa shape index (κ1) is 24.9. The quantitative estimate of drug-likeness (QED) is 0.562. The summed E-state index contributed by atoms with van der Waals surface area (Å²) in [6.45, 7) is 8.04. The molecule has 178 valence electrons. The van der Waals surface area contributed by atoms with E-state index in [2.05, 4.69) is 17.6 Å². The molecule has 2 atom stereocenters. The molecule has 2 aromatic rings. The van der Waals surface area contributed by atoms with Crippen LogP contribution in [0.3, 0.4) is 0 Å². The van der Waals surface area contributed by atoms with Crippen LogP contribution in [0.5, 0.6) is 0 Å². The Labute approximate surface area is 199 Å². The number of carbonyl (C=O) groups excluding carboxylic acids is 3. The van der Waals surface area contributed by atoms with Gasteiger partial charge in [0.05, 0.1) is 24.8 Å². The highest BCUT2D eigenvalue weighted by Gasteiger charge is 2.30. The summed E-state index contributed by atoms with van der Waals surface area (Å²) in [5.74, 6) is -0.309. The number of likely N-dealkylation sites (N-methyl/N-ethyl adjacent to an activating group) is 1. The van der Waals surface area contributed by atoms with Gasteiger partial charge < -0.3 is 15.4 Å². The maximum absolute atomic E-state index is 13.0. The fourth-order valence-corrected chi connectivity index (χ4v) is 5.28. The SMILES string of the molecule is CCOC(=O)c1c(NC(=O)[C@@H](C)N(C)CC(=O)Nc2ccc(C)cc2)sc2c1CC[C@@H](C)C2. The molecule has 0 fully saturated rings. The van der Waals surface area contributed by atoms with Crippen molar-refractivity contribution in [1.29, 1.82) is 0 Å². The van der Waals surface area contributed by atoms with Crippen LogP contribution in [0, 0.1) is 12.8 Å². The third-order valence-electron chi connectivity index (χ3n) is 6.00. The highest BCUT2D eigenvalue weighted by molar-refractivity contribution is 7.17. The van der Waals surface area contributed by atoms with Gasteiger partial charge in [0.25, 0.3) is 0 Å². The molecule has 0 unspecified atom stereocenters. The van der Waals surface area contributed by atoms with Gasteiger partial charge in [-0.1, -0.05) is 24.6 Å². The molecule has 1 aliphatic rings. The normalized spacial score (nSPS) is 16.1. The van der Waals surface area contributed by atoms with E-state index in [1.165, 1.54) is 11.3 Å². The lowest BCUT2D eigenvalue weighted by molar-refractivity contribution is -0.122. The molecule has 2 N–H and O–H groups in total. The summed E-state index contributed by atoms with van der Waals surface area (Å²) in [7, 11) is 1.73. The predicted molar refractivity (Wildman–Crippen MR) is 132 cm³/mol. The van der Waals surface area contributed by atoms with E-state index in [-0.39, 0.29) is 25.0 Å². The highest BCUT2D eigenvalue weighted by atomic mass is 32.1. The van der Waals surface area contributed by atoms with Gasteiger partial charge in [0.1, 0.15) is 5.00 Å². The molecule has 1 aromatic heterocycles. The van der Waals surface area contributed by atoms with Crippen LogP contribution in [0.2, 0.25) is 0 Å². The number of hydrogen-bond donors (Lipinski definition) is 2. The first-order chi connectivity index (χ1) is 15.7. The van der Waals surface area contributed by atoms with Crippen LogP contribution >= 0.6 is 11.3 Å². The Balaban J connectivity index is 1.67. The lowest BCUT2D eigenvalue weighted by atomic mass is 9.88. The average molecular weight is 472 g/mol. The Bertz CT molecular complexity index is 1020. The number of thiophene rings is 1. The van der Waals surface area contributed by atoms with Gasteiger partial charge in [0, 0.05) is 10.6 Å². The first-order valence-electron chi connectivity index (χ1n) is 11.4. The van der Waals surface area contributed by atoms with Gasteiger partial charge in [-0.05, 0) is 70.7 Å². The molecule has 7 nitrogen and oxygen atoms in total. The van der Waals surface area contributed by atoms with E-state index in [0.717, 1.165) is 35.3 Å². The minimum Gasteiger partial charge on any atom is -0.462 e. The number of amides is 2. The van der Waals surface area contributed by atoms with E-state index in [1.54, 1.807) is 25.8 Å². The van der Waals surface area contributed by atoms with Crippen molar-refractivity contribution in [2.75, 3.05) is 30.8 Å². The Morgan fingerprint density at radius 1 is 1.21 bits per heavy atom. The minimum atomic E-state index is -0.568. The van der Waals surface area contributed by atoms with Gasteiger partial charge in [-0.2, -0.15) is 0 Å². The van der Waals surface area contributed by atoms with Gasteiger partial charge in [0.15, 0.2) is 0 Å². The van der Waals surface area contributed by atoms with Crippen molar-refractivity contribution in [3.8, 4) is 0 Å². The summed E-state index contributed by atoms with van der Waals surface area (Å²) in [4.78, 5) is 40.9. The number of carbonyl (C=O) groups is 3. The highest BCUT2D eigenvalue weighted by Crippen LogP contribution is 2.40. The first-order valence-corrected chi connectivity index (χ1v) is 12.2. The number of nitrogens with zero attached hydrogens (tertiary/aromatic N) is 1. The summed E-state index contributed by atoms with van der Waals surface area (Å²) in [5.41, 5.74) is 3.32. The second-order valence-corrected chi connectivity index (χ2v) is 9.88. The molecule has 8 heteroatoms. The number of rotatable bonds is 8. The average Bonchev–Trinajstić information content (AvgIpc) is 3.11. The molecule has 0 aliphatic heterocycles. The second-order valence-electron chi connectivity index (χ2n) is 8.77. The third kappa shape index (κ3) is 6.21. The molecular weight excluding hydrogens is 438 g/mol. The number of esters is 1. The van der Waals surface area contributed by atoms with Gasteiger partial charge in [0.2, 0.25) is 11.8 Å². The molecular formula is C25H33N3O4S. The van der Waals surface area contributed by atoms with Crippen LogP contribution in [0.15, 0.2) is 24.3 Å². The Hall–Kier alpha value is -2.71. The molecule has 33 heavy (non-hydrogen) atoms. The molecule has 1 aromatic carbocycles. The fourth-order valence-electron chi connectivity index (χ4n) is 3.88. The minimum absolute atomic E-state index is 0.0612. The van der Waals surface area contributed by atoms with Crippen LogP contribution in [-0.2, 0) is 27.2 Å². The number of fused-ring (bicyclic) bond motifs is 1.